The van der Waals surface area contributed by atoms with Crippen LogP contribution in [0.25, 0.3) is 0 Å². The molecule has 1 aliphatic heterocycles. The number of anilines is 1. The Morgan fingerprint density at radius 2 is 1.95 bits per heavy atom. The maximum Gasteiger partial charge on any atom is 0.251 e. The Morgan fingerprint density at radius 3 is 2.55 bits per heavy atom. The zero-order chi connectivity index (χ0) is 15.9. The molecule has 1 aromatic rings. The number of hydrogen-bond acceptors (Lipinski definition) is 3. The van der Waals surface area contributed by atoms with Gasteiger partial charge in [0.25, 0.3) is 5.91 Å². The largest absolute Gasteiger partial charge is 0.352 e. The lowest BCUT2D eigenvalue weighted by atomic mass is 10.2. The van der Waals surface area contributed by atoms with Gasteiger partial charge in [-0.1, -0.05) is 0 Å². The van der Waals surface area contributed by atoms with Crippen LogP contribution < -0.4 is 10.6 Å². The number of nitrogens with zero attached hydrogens (tertiary/aromatic N) is 1. The molecule has 22 heavy (non-hydrogen) atoms. The predicted octanol–water partition coefficient (Wildman–Crippen LogP) is 1.39. The smallest absolute Gasteiger partial charge is 0.251 e. The molecule has 1 heterocycles. The molecule has 0 aliphatic carbocycles. The zero-order valence-electron chi connectivity index (χ0n) is 12.7. The third-order valence-corrected chi connectivity index (χ3v) is 3.53. The molecule has 0 aromatic heterocycles. The van der Waals surface area contributed by atoms with Crippen molar-refractivity contribution < 1.29 is 14.4 Å². The van der Waals surface area contributed by atoms with E-state index in [2.05, 4.69) is 10.6 Å². The van der Waals surface area contributed by atoms with E-state index < -0.39 is 0 Å². The predicted molar refractivity (Wildman–Crippen MR) is 83.5 cm³/mol. The van der Waals surface area contributed by atoms with Crippen molar-refractivity contribution >= 4 is 23.4 Å². The van der Waals surface area contributed by atoms with Gasteiger partial charge in [-0.05, 0) is 37.1 Å². The van der Waals surface area contributed by atoms with Crippen molar-refractivity contribution in [3.05, 3.63) is 29.8 Å². The van der Waals surface area contributed by atoms with Gasteiger partial charge in [0.05, 0.1) is 0 Å². The first-order chi connectivity index (χ1) is 10.6. The van der Waals surface area contributed by atoms with E-state index in [9.17, 15) is 14.4 Å². The zero-order valence-corrected chi connectivity index (χ0v) is 12.7. The van der Waals surface area contributed by atoms with Gasteiger partial charge in [0.1, 0.15) is 0 Å². The first-order valence-corrected chi connectivity index (χ1v) is 7.50. The molecular formula is C16H21N3O3. The molecular weight excluding hydrogens is 282 g/mol. The first kappa shape index (κ1) is 16.0. The Kier molecular flexibility index (Phi) is 5.52. The summed E-state index contributed by atoms with van der Waals surface area (Å²) in [5.41, 5.74) is 1.21. The van der Waals surface area contributed by atoms with Gasteiger partial charge in [0.2, 0.25) is 11.8 Å². The van der Waals surface area contributed by atoms with Gasteiger partial charge in [-0.3, -0.25) is 14.4 Å². The summed E-state index contributed by atoms with van der Waals surface area (Å²) in [7, 11) is 0. The number of hydrogen-bond donors (Lipinski definition) is 2. The average Bonchev–Trinajstić information content (AvgIpc) is 2.89. The molecule has 1 aromatic carbocycles. The van der Waals surface area contributed by atoms with Gasteiger partial charge < -0.3 is 15.5 Å². The van der Waals surface area contributed by atoms with Crippen LogP contribution in [0.3, 0.4) is 0 Å². The lowest BCUT2D eigenvalue weighted by Crippen LogP contribution is -2.30. The average molecular weight is 303 g/mol. The number of carbonyl (C=O) groups is 3. The number of carbonyl (C=O) groups excluding carboxylic acids is 3. The standard InChI is InChI=1S/C16H21N3O3/c1-12(20)18-14-7-5-13(6-8-14)16(22)17-9-3-11-19-10-2-4-15(19)21/h5-8H,2-4,9-11H2,1H3,(H,17,22)(H,18,20). The highest BCUT2D eigenvalue weighted by Gasteiger charge is 2.19. The van der Waals surface area contributed by atoms with Gasteiger partial charge in [-0.25, -0.2) is 0 Å². The van der Waals surface area contributed by atoms with Crippen molar-refractivity contribution in [2.75, 3.05) is 25.0 Å². The van der Waals surface area contributed by atoms with Crippen molar-refractivity contribution in [2.45, 2.75) is 26.2 Å². The minimum absolute atomic E-state index is 0.145. The second kappa shape index (κ2) is 7.59. The molecule has 0 atom stereocenters. The molecule has 6 heteroatoms. The highest BCUT2D eigenvalue weighted by atomic mass is 16.2. The second-order valence-electron chi connectivity index (χ2n) is 5.35. The van der Waals surface area contributed by atoms with Crippen LogP contribution in [0.15, 0.2) is 24.3 Å². The number of rotatable bonds is 6. The third-order valence-electron chi connectivity index (χ3n) is 3.53. The minimum atomic E-state index is -0.151. The number of amides is 3. The summed E-state index contributed by atoms with van der Waals surface area (Å²) in [6, 6.07) is 6.73. The van der Waals surface area contributed by atoms with Crippen LogP contribution in [0.1, 0.15) is 36.5 Å². The Balaban J connectivity index is 1.72. The Bertz CT molecular complexity index is 554. The van der Waals surface area contributed by atoms with Gasteiger partial charge in [-0.2, -0.15) is 0 Å². The molecule has 2 N–H and O–H groups in total. The third kappa shape index (κ3) is 4.58. The molecule has 1 aliphatic rings. The number of nitrogens with one attached hydrogen (secondary N) is 2. The van der Waals surface area contributed by atoms with Crippen LogP contribution in [0, 0.1) is 0 Å². The van der Waals surface area contributed by atoms with Crippen molar-refractivity contribution in [1.82, 2.24) is 10.2 Å². The van der Waals surface area contributed by atoms with E-state index in [1.165, 1.54) is 6.92 Å². The summed E-state index contributed by atoms with van der Waals surface area (Å²) in [5, 5.41) is 5.48. The van der Waals surface area contributed by atoms with Crippen LogP contribution in [-0.2, 0) is 9.59 Å². The molecule has 118 valence electrons. The van der Waals surface area contributed by atoms with Gasteiger partial charge in [0, 0.05) is 44.2 Å². The quantitative estimate of drug-likeness (QED) is 0.779. The van der Waals surface area contributed by atoms with E-state index in [1.54, 1.807) is 24.3 Å². The monoisotopic (exact) mass is 303 g/mol. The molecule has 6 nitrogen and oxygen atoms in total. The maximum atomic E-state index is 12.0. The van der Waals surface area contributed by atoms with Gasteiger partial charge >= 0.3 is 0 Å². The van der Waals surface area contributed by atoms with Crippen LogP contribution in [0.5, 0.6) is 0 Å². The van der Waals surface area contributed by atoms with E-state index in [0.717, 1.165) is 19.4 Å². The van der Waals surface area contributed by atoms with Gasteiger partial charge in [-0.15, -0.1) is 0 Å². The molecule has 1 fully saturated rings. The van der Waals surface area contributed by atoms with E-state index in [0.29, 0.717) is 30.8 Å². The Hall–Kier alpha value is -2.37. The van der Waals surface area contributed by atoms with Gasteiger partial charge in [0.15, 0.2) is 0 Å². The van der Waals surface area contributed by atoms with Crippen molar-refractivity contribution in [3.8, 4) is 0 Å². The summed E-state index contributed by atoms with van der Waals surface area (Å²) < 4.78 is 0. The van der Waals surface area contributed by atoms with Crippen LogP contribution in [-0.4, -0.2) is 42.3 Å². The van der Waals surface area contributed by atoms with Crippen LogP contribution in [0.2, 0.25) is 0 Å². The summed E-state index contributed by atoms with van der Waals surface area (Å²) in [5.74, 6) is -0.0873. The van der Waals surface area contributed by atoms with E-state index >= 15 is 0 Å². The molecule has 0 unspecified atom stereocenters. The lowest BCUT2D eigenvalue weighted by Gasteiger charge is -2.15. The Morgan fingerprint density at radius 1 is 1.23 bits per heavy atom. The van der Waals surface area contributed by atoms with E-state index in [4.69, 9.17) is 0 Å². The molecule has 0 bridgehead atoms. The molecule has 3 amide bonds. The summed E-state index contributed by atoms with van der Waals surface area (Å²) in [6.45, 7) is 3.50. The topological polar surface area (TPSA) is 78.5 Å². The first-order valence-electron chi connectivity index (χ1n) is 7.50. The van der Waals surface area contributed by atoms with Crippen molar-refractivity contribution in [2.24, 2.45) is 0 Å². The molecule has 0 spiro atoms. The summed E-state index contributed by atoms with van der Waals surface area (Å²) in [4.78, 5) is 36.2. The van der Waals surface area contributed by atoms with E-state index in [-0.39, 0.29) is 17.7 Å². The molecule has 0 radical (unpaired) electrons. The number of benzene rings is 1. The maximum absolute atomic E-state index is 12.0. The SMILES string of the molecule is CC(=O)Nc1ccc(C(=O)NCCCN2CCCC2=O)cc1. The molecule has 0 saturated carbocycles. The number of likely N-dealkylation sites (tertiary alicyclic amines) is 1. The second-order valence-corrected chi connectivity index (χ2v) is 5.35. The normalized spacial score (nSPS) is 14.0. The lowest BCUT2D eigenvalue weighted by molar-refractivity contribution is -0.127. The Labute approximate surface area is 129 Å². The van der Waals surface area contributed by atoms with Crippen molar-refractivity contribution in [1.29, 1.82) is 0 Å². The molecule has 2 rings (SSSR count). The summed E-state index contributed by atoms with van der Waals surface area (Å²) in [6.07, 6.45) is 2.33. The van der Waals surface area contributed by atoms with Crippen molar-refractivity contribution in [3.63, 3.8) is 0 Å². The fraction of sp³-hybridized carbons (Fsp3) is 0.438. The van der Waals surface area contributed by atoms with Crippen LogP contribution >= 0.6 is 0 Å². The minimum Gasteiger partial charge on any atom is -0.352 e. The highest BCUT2D eigenvalue weighted by Crippen LogP contribution is 2.10. The van der Waals surface area contributed by atoms with Crippen LogP contribution in [0.4, 0.5) is 5.69 Å². The fourth-order valence-electron chi connectivity index (χ4n) is 2.42. The summed E-state index contributed by atoms with van der Waals surface area (Å²) >= 11 is 0. The molecule has 1 saturated heterocycles. The highest BCUT2D eigenvalue weighted by molar-refractivity contribution is 5.95. The fourth-order valence-corrected chi connectivity index (χ4v) is 2.42. The van der Waals surface area contributed by atoms with E-state index in [1.807, 2.05) is 4.90 Å².